The summed E-state index contributed by atoms with van der Waals surface area (Å²) in [5.74, 6) is 0.569. The third kappa shape index (κ3) is 4.40. The maximum Gasteiger partial charge on any atom is 0.329 e. The molecule has 0 atom stereocenters. The van der Waals surface area contributed by atoms with Crippen LogP contribution in [0.3, 0.4) is 0 Å². The quantitative estimate of drug-likeness (QED) is 0.269. The molecule has 0 aliphatic heterocycles. The number of nitrogens with one attached hydrogen (secondary N) is 2. The van der Waals surface area contributed by atoms with Crippen molar-refractivity contribution in [3.8, 4) is 11.5 Å². The number of phenolic OH excluding ortho intramolecular Hbond substituents is 1. The third-order valence-corrected chi connectivity index (χ3v) is 5.72. The number of anilines is 1. The standard InChI is InChI=1S/C22H21BrN6O4/c1-12-4-6-13(7-5-12)11-29-17-19(28(2)22(32)26-20(17)31)25-21(29)27-24-10-14-8-15(23)18(30)16(9-14)33-3/h4-10,30H,11H2,1-3H3,(H,25,27)(H,26,31,32)/b24-10+. The molecule has 0 fully saturated rings. The van der Waals surface area contributed by atoms with Gasteiger partial charge in [-0.1, -0.05) is 29.8 Å². The maximum atomic E-state index is 12.6. The maximum absolute atomic E-state index is 12.6. The summed E-state index contributed by atoms with van der Waals surface area (Å²) >= 11 is 3.28. The highest BCUT2D eigenvalue weighted by Crippen LogP contribution is 2.34. The van der Waals surface area contributed by atoms with E-state index in [1.165, 1.54) is 24.9 Å². The molecule has 11 heteroatoms. The number of nitrogens with zero attached hydrogens (tertiary/aromatic N) is 4. The predicted octanol–water partition coefficient (Wildman–Crippen LogP) is 2.70. The molecular formula is C22H21BrN6O4. The Hall–Kier alpha value is -3.86. The monoisotopic (exact) mass is 512 g/mol. The minimum Gasteiger partial charge on any atom is -0.503 e. The van der Waals surface area contributed by atoms with Crippen molar-refractivity contribution >= 4 is 39.3 Å². The lowest BCUT2D eigenvalue weighted by Gasteiger charge is -2.09. The number of fused-ring (bicyclic) bond motifs is 1. The van der Waals surface area contributed by atoms with Crippen LogP contribution < -0.4 is 21.4 Å². The number of H-pyrrole nitrogens is 1. The number of hydrogen-bond donors (Lipinski definition) is 3. The van der Waals surface area contributed by atoms with Crippen molar-refractivity contribution in [2.24, 2.45) is 12.1 Å². The molecule has 0 unspecified atom stereocenters. The summed E-state index contributed by atoms with van der Waals surface area (Å²) in [5.41, 5.74) is 4.99. The Balaban J connectivity index is 1.76. The molecule has 0 aliphatic carbocycles. The molecule has 33 heavy (non-hydrogen) atoms. The highest BCUT2D eigenvalue weighted by molar-refractivity contribution is 9.10. The van der Waals surface area contributed by atoms with Gasteiger partial charge in [0.15, 0.2) is 22.7 Å². The summed E-state index contributed by atoms with van der Waals surface area (Å²) in [5, 5.41) is 14.2. The van der Waals surface area contributed by atoms with Gasteiger partial charge in [-0.25, -0.2) is 10.2 Å². The lowest BCUT2D eigenvalue weighted by molar-refractivity contribution is 0.372. The predicted molar refractivity (Wildman–Crippen MR) is 129 cm³/mol. The van der Waals surface area contributed by atoms with Crippen molar-refractivity contribution in [2.75, 3.05) is 12.5 Å². The van der Waals surface area contributed by atoms with Crippen LogP contribution in [-0.2, 0) is 13.6 Å². The second kappa shape index (κ2) is 8.94. The number of hydrazone groups is 1. The van der Waals surface area contributed by atoms with E-state index in [4.69, 9.17) is 4.74 Å². The number of imidazole rings is 1. The summed E-state index contributed by atoms with van der Waals surface area (Å²) in [6.07, 6.45) is 1.52. The largest absolute Gasteiger partial charge is 0.503 e. The van der Waals surface area contributed by atoms with Crippen LogP contribution >= 0.6 is 15.9 Å². The van der Waals surface area contributed by atoms with Gasteiger partial charge in [-0.3, -0.25) is 18.9 Å². The first-order valence-electron chi connectivity index (χ1n) is 9.89. The second-order valence-electron chi connectivity index (χ2n) is 7.42. The molecule has 2 aromatic heterocycles. The average molecular weight is 513 g/mol. The molecule has 0 aliphatic rings. The lowest BCUT2D eigenvalue weighted by atomic mass is 10.1. The summed E-state index contributed by atoms with van der Waals surface area (Å²) in [7, 11) is 2.99. The van der Waals surface area contributed by atoms with Crippen LogP contribution in [0.4, 0.5) is 5.95 Å². The minimum atomic E-state index is -0.552. The van der Waals surface area contributed by atoms with Gasteiger partial charge in [-0.05, 0) is 46.1 Å². The topological polar surface area (TPSA) is 127 Å². The Morgan fingerprint density at radius 2 is 2.00 bits per heavy atom. The molecule has 3 N–H and O–H groups in total. The average Bonchev–Trinajstić information content (AvgIpc) is 3.14. The molecule has 10 nitrogen and oxygen atoms in total. The van der Waals surface area contributed by atoms with E-state index in [1.807, 2.05) is 31.2 Å². The highest BCUT2D eigenvalue weighted by atomic mass is 79.9. The molecule has 0 saturated carbocycles. The van der Waals surface area contributed by atoms with Crippen LogP contribution in [0.15, 0.2) is 55.6 Å². The molecule has 4 rings (SSSR count). The van der Waals surface area contributed by atoms with Crippen molar-refractivity contribution < 1.29 is 9.84 Å². The van der Waals surface area contributed by atoms with Crippen LogP contribution in [0.5, 0.6) is 11.5 Å². The molecule has 0 spiro atoms. The van der Waals surface area contributed by atoms with Gasteiger partial charge in [-0.15, -0.1) is 0 Å². The van der Waals surface area contributed by atoms with E-state index in [9.17, 15) is 14.7 Å². The van der Waals surface area contributed by atoms with Gasteiger partial charge >= 0.3 is 5.69 Å². The van der Waals surface area contributed by atoms with Crippen molar-refractivity contribution in [3.05, 3.63) is 78.4 Å². The number of phenols is 1. The minimum absolute atomic E-state index is 0.0114. The third-order valence-electron chi connectivity index (χ3n) is 5.12. The lowest BCUT2D eigenvalue weighted by Crippen LogP contribution is -2.29. The molecule has 2 heterocycles. The van der Waals surface area contributed by atoms with E-state index in [2.05, 4.69) is 36.4 Å². The van der Waals surface area contributed by atoms with Crippen molar-refractivity contribution in [2.45, 2.75) is 13.5 Å². The Morgan fingerprint density at radius 3 is 2.70 bits per heavy atom. The highest BCUT2D eigenvalue weighted by Gasteiger charge is 2.17. The zero-order valence-corrected chi connectivity index (χ0v) is 19.7. The normalized spacial score (nSPS) is 11.4. The number of halogens is 1. The van der Waals surface area contributed by atoms with E-state index < -0.39 is 11.2 Å². The number of hydrogen-bond acceptors (Lipinski definition) is 7. The van der Waals surface area contributed by atoms with E-state index in [-0.39, 0.29) is 16.9 Å². The van der Waals surface area contributed by atoms with Crippen LogP contribution in [0.25, 0.3) is 11.2 Å². The Morgan fingerprint density at radius 1 is 1.27 bits per heavy atom. The number of methoxy groups -OCH3 is 1. The first kappa shape index (κ1) is 22.3. The van der Waals surface area contributed by atoms with Gasteiger partial charge in [-0.2, -0.15) is 10.1 Å². The molecule has 0 amide bonds. The first-order chi connectivity index (χ1) is 15.8. The molecule has 0 bridgehead atoms. The number of rotatable bonds is 6. The molecule has 4 aromatic rings. The number of benzene rings is 2. The molecule has 0 radical (unpaired) electrons. The van der Waals surface area contributed by atoms with Gasteiger partial charge < -0.3 is 9.84 Å². The summed E-state index contributed by atoms with van der Waals surface area (Å²) < 4.78 is 8.55. The summed E-state index contributed by atoms with van der Waals surface area (Å²) in [4.78, 5) is 31.5. The van der Waals surface area contributed by atoms with Gasteiger partial charge in [0.05, 0.1) is 24.3 Å². The zero-order chi connectivity index (χ0) is 23.7. The van der Waals surface area contributed by atoms with Crippen molar-refractivity contribution in [1.82, 2.24) is 19.1 Å². The van der Waals surface area contributed by atoms with Crippen LogP contribution in [0.1, 0.15) is 16.7 Å². The molecular weight excluding hydrogens is 492 g/mol. The molecule has 2 aromatic carbocycles. The number of aryl methyl sites for hydroxylation is 2. The molecule has 0 saturated heterocycles. The SMILES string of the molecule is COc1cc(/C=N/Nc2nc3c(c(=O)[nH]c(=O)n3C)n2Cc2ccc(C)cc2)cc(Br)c1O. The Labute approximate surface area is 196 Å². The summed E-state index contributed by atoms with van der Waals surface area (Å²) in [6, 6.07) is 11.2. The van der Waals surface area contributed by atoms with E-state index in [0.717, 1.165) is 11.1 Å². The summed E-state index contributed by atoms with van der Waals surface area (Å²) in [6.45, 7) is 2.34. The van der Waals surface area contributed by atoms with Gasteiger partial charge in [0.2, 0.25) is 5.95 Å². The van der Waals surface area contributed by atoms with Gasteiger partial charge in [0.1, 0.15) is 0 Å². The number of ether oxygens (including phenoxy) is 1. The van der Waals surface area contributed by atoms with Crippen molar-refractivity contribution in [3.63, 3.8) is 0 Å². The fourth-order valence-electron chi connectivity index (χ4n) is 3.34. The van der Waals surface area contributed by atoms with E-state index in [1.54, 1.807) is 16.7 Å². The molecule has 170 valence electrons. The van der Waals surface area contributed by atoms with Crippen LogP contribution in [0.2, 0.25) is 0 Å². The van der Waals surface area contributed by atoms with E-state index in [0.29, 0.717) is 28.3 Å². The first-order valence-corrected chi connectivity index (χ1v) is 10.7. The second-order valence-corrected chi connectivity index (χ2v) is 8.28. The Bertz CT molecular complexity index is 1480. The fourth-order valence-corrected chi connectivity index (χ4v) is 3.80. The van der Waals surface area contributed by atoms with E-state index >= 15 is 0 Å². The van der Waals surface area contributed by atoms with Crippen LogP contribution in [-0.4, -0.2) is 37.5 Å². The van der Waals surface area contributed by atoms with Crippen LogP contribution in [0, 0.1) is 6.92 Å². The van der Waals surface area contributed by atoms with Gasteiger partial charge in [0, 0.05) is 7.05 Å². The zero-order valence-electron chi connectivity index (χ0n) is 18.1. The van der Waals surface area contributed by atoms with Gasteiger partial charge in [0.25, 0.3) is 5.56 Å². The number of aromatic nitrogens is 4. The number of aromatic amines is 1. The Kier molecular flexibility index (Phi) is 6.05. The fraction of sp³-hybridized carbons (Fsp3) is 0.182. The smallest absolute Gasteiger partial charge is 0.329 e. The van der Waals surface area contributed by atoms with Crippen molar-refractivity contribution in [1.29, 1.82) is 0 Å². The number of aromatic hydroxyl groups is 1.